The Hall–Kier alpha value is -0.120. The first-order valence-corrected chi connectivity index (χ1v) is 5.75. The molecule has 2 fully saturated rings. The summed E-state index contributed by atoms with van der Waals surface area (Å²) in [5.41, 5.74) is 0. The van der Waals surface area contributed by atoms with Gasteiger partial charge in [0.15, 0.2) is 0 Å². The van der Waals surface area contributed by atoms with E-state index in [-0.39, 0.29) is 0 Å². The molecule has 1 aliphatic heterocycles. The lowest BCUT2D eigenvalue weighted by Gasteiger charge is -2.45. The average Bonchev–Trinajstić information content (AvgIpc) is 2.19. The topological polar surface area (TPSA) is 33.3 Å². The van der Waals surface area contributed by atoms with Gasteiger partial charge in [-0.25, -0.2) is 0 Å². The van der Waals surface area contributed by atoms with Crippen molar-refractivity contribution in [2.75, 3.05) is 7.11 Å². The molecule has 0 radical (unpaired) electrons. The van der Waals surface area contributed by atoms with Gasteiger partial charge < -0.3 is 15.4 Å². The van der Waals surface area contributed by atoms with Gasteiger partial charge in [0.25, 0.3) is 0 Å². The lowest BCUT2D eigenvalue weighted by atomic mass is 9.84. The zero-order valence-electron chi connectivity index (χ0n) is 9.42. The minimum absolute atomic E-state index is 0.464. The van der Waals surface area contributed by atoms with E-state index in [1.807, 2.05) is 7.11 Å². The van der Waals surface area contributed by atoms with Crippen molar-refractivity contribution in [3.05, 3.63) is 0 Å². The van der Waals surface area contributed by atoms with Crippen molar-refractivity contribution in [3.63, 3.8) is 0 Å². The van der Waals surface area contributed by atoms with Crippen LogP contribution in [0.15, 0.2) is 0 Å². The van der Waals surface area contributed by atoms with E-state index < -0.39 is 0 Å². The van der Waals surface area contributed by atoms with Gasteiger partial charge in [-0.05, 0) is 33.1 Å². The summed E-state index contributed by atoms with van der Waals surface area (Å²) in [6.45, 7) is 4.51. The zero-order valence-corrected chi connectivity index (χ0v) is 9.42. The molecule has 5 atom stereocenters. The Bertz CT molecular complexity index is 194. The monoisotopic (exact) mass is 198 g/mol. The van der Waals surface area contributed by atoms with E-state index in [1.54, 1.807) is 0 Å². The van der Waals surface area contributed by atoms with Crippen LogP contribution in [-0.2, 0) is 4.74 Å². The zero-order chi connectivity index (χ0) is 10.1. The number of methoxy groups -OCH3 is 1. The first-order valence-electron chi connectivity index (χ1n) is 5.75. The normalized spacial score (nSPS) is 48.6. The van der Waals surface area contributed by atoms with Gasteiger partial charge in [0, 0.05) is 31.3 Å². The second-order valence-electron chi connectivity index (χ2n) is 4.79. The fourth-order valence-corrected chi connectivity index (χ4v) is 2.69. The van der Waals surface area contributed by atoms with Crippen LogP contribution in [0.3, 0.4) is 0 Å². The molecule has 2 N–H and O–H groups in total. The number of rotatable bonds is 1. The van der Waals surface area contributed by atoms with Crippen molar-refractivity contribution in [1.82, 2.24) is 10.6 Å². The quantitative estimate of drug-likeness (QED) is 0.656. The van der Waals surface area contributed by atoms with E-state index in [0.29, 0.717) is 30.3 Å². The summed E-state index contributed by atoms with van der Waals surface area (Å²) in [7, 11) is 1.83. The molecule has 2 rings (SSSR count). The van der Waals surface area contributed by atoms with E-state index in [9.17, 15) is 0 Å². The third-order valence-electron chi connectivity index (χ3n) is 3.84. The van der Waals surface area contributed by atoms with Crippen molar-refractivity contribution in [2.45, 2.75) is 63.4 Å². The molecule has 0 aromatic heterocycles. The maximum absolute atomic E-state index is 5.43. The molecule has 82 valence electrons. The van der Waals surface area contributed by atoms with Gasteiger partial charge in [0.2, 0.25) is 0 Å². The van der Waals surface area contributed by atoms with Gasteiger partial charge in [-0.3, -0.25) is 0 Å². The molecule has 3 heteroatoms. The van der Waals surface area contributed by atoms with Crippen LogP contribution in [0.2, 0.25) is 0 Å². The van der Waals surface area contributed by atoms with Crippen molar-refractivity contribution in [1.29, 1.82) is 0 Å². The van der Waals surface area contributed by atoms with E-state index in [2.05, 4.69) is 24.5 Å². The number of ether oxygens (including phenoxy) is 1. The van der Waals surface area contributed by atoms with Crippen LogP contribution < -0.4 is 10.6 Å². The van der Waals surface area contributed by atoms with Crippen molar-refractivity contribution >= 4 is 0 Å². The molecule has 0 aromatic rings. The molecular formula is C11H22N2O. The molecule has 1 heterocycles. The summed E-state index contributed by atoms with van der Waals surface area (Å²) in [4.78, 5) is 0. The number of nitrogens with one attached hydrogen (secondary N) is 2. The fraction of sp³-hybridized carbons (Fsp3) is 1.00. The van der Waals surface area contributed by atoms with Gasteiger partial charge in [-0.1, -0.05) is 0 Å². The van der Waals surface area contributed by atoms with Crippen LogP contribution in [0.4, 0.5) is 0 Å². The Kier molecular flexibility index (Phi) is 3.10. The summed E-state index contributed by atoms with van der Waals surface area (Å²) < 4.78 is 5.43. The lowest BCUT2D eigenvalue weighted by molar-refractivity contribution is 0.0335. The second-order valence-corrected chi connectivity index (χ2v) is 4.79. The number of fused-ring (bicyclic) bond motifs is 1. The molecule has 0 aromatic carbocycles. The molecule has 1 saturated carbocycles. The molecule has 3 nitrogen and oxygen atoms in total. The van der Waals surface area contributed by atoms with Crippen LogP contribution in [0.1, 0.15) is 33.1 Å². The van der Waals surface area contributed by atoms with Crippen LogP contribution in [-0.4, -0.2) is 37.4 Å². The highest BCUT2D eigenvalue weighted by Crippen LogP contribution is 2.24. The highest BCUT2D eigenvalue weighted by atomic mass is 16.5. The second kappa shape index (κ2) is 4.17. The van der Waals surface area contributed by atoms with Gasteiger partial charge in [0.05, 0.1) is 6.10 Å². The van der Waals surface area contributed by atoms with Crippen LogP contribution in [0, 0.1) is 0 Å². The molecule has 0 spiro atoms. The molecule has 2 aliphatic rings. The number of piperazine rings is 1. The average molecular weight is 198 g/mol. The fourth-order valence-electron chi connectivity index (χ4n) is 2.69. The Morgan fingerprint density at radius 1 is 1.00 bits per heavy atom. The highest BCUT2D eigenvalue weighted by molar-refractivity contribution is 4.98. The third kappa shape index (κ3) is 1.95. The summed E-state index contributed by atoms with van der Waals surface area (Å²) in [6, 6.07) is 2.44. The van der Waals surface area contributed by atoms with Crippen molar-refractivity contribution in [2.24, 2.45) is 0 Å². The van der Waals surface area contributed by atoms with Gasteiger partial charge in [-0.2, -0.15) is 0 Å². The molecule has 14 heavy (non-hydrogen) atoms. The lowest BCUT2D eigenvalue weighted by Crippen LogP contribution is -2.66. The first-order chi connectivity index (χ1) is 6.70. The largest absolute Gasteiger partial charge is 0.381 e. The molecule has 0 amide bonds. The van der Waals surface area contributed by atoms with E-state index >= 15 is 0 Å². The minimum Gasteiger partial charge on any atom is -0.381 e. The Balaban J connectivity index is 1.95. The van der Waals surface area contributed by atoms with Crippen LogP contribution >= 0.6 is 0 Å². The summed E-state index contributed by atoms with van der Waals surface area (Å²) in [5, 5.41) is 7.38. The predicted molar refractivity (Wildman–Crippen MR) is 57.4 cm³/mol. The Morgan fingerprint density at radius 3 is 2.29 bits per heavy atom. The Labute approximate surface area is 86.6 Å². The van der Waals surface area contributed by atoms with Crippen LogP contribution in [0.25, 0.3) is 0 Å². The van der Waals surface area contributed by atoms with E-state index in [1.165, 1.54) is 12.8 Å². The SMILES string of the molecule is CO[C@@H]1CC[C@@H]2N[C@H](C)[C@H](C)N[C@@H]2C1. The van der Waals surface area contributed by atoms with Gasteiger partial charge in [-0.15, -0.1) is 0 Å². The highest BCUT2D eigenvalue weighted by Gasteiger charge is 2.36. The first kappa shape index (κ1) is 10.4. The number of hydrogen-bond acceptors (Lipinski definition) is 3. The third-order valence-corrected chi connectivity index (χ3v) is 3.84. The standard InChI is InChI=1S/C11H22N2O/c1-7-8(2)13-11-6-9(14-3)4-5-10(11)12-7/h7-13H,4-6H2,1-3H3/t7-,8+,9-,10+,11-/m1/s1. The van der Waals surface area contributed by atoms with Crippen molar-refractivity contribution < 1.29 is 4.74 Å². The number of hydrogen-bond donors (Lipinski definition) is 2. The predicted octanol–water partition coefficient (Wildman–Crippen LogP) is 0.892. The van der Waals surface area contributed by atoms with E-state index in [4.69, 9.17) is 4.74 Å². The van der Waals surface area contributed by atoms with Crippen molar-refractivity contribution in [3.8, 4) is 0 Å². The molecule has 1 aliphatic carbocycles. The van der Waals surface area contributed by atoms with Crippen LogP contribution in [0.5, 0.6) is 0 Å². The molecular weight excluding hydrogens is 176 g/mol. The summed E-state index contributed by atoms with van der Waals surface area (Å²) in [5.74, 6) is 0. The maximum Gasteiger partial charge on any atom is 0.0587 e. The molecule has 0 unspecified atom stereocenters. The van der Waals surface area contributed by atoms with E-state index in [0.717, 1.165) is 6.42 Å². The Morgan fingerprint density at radius 2 is 1.64 bits per heavy atom. The minimum atomic E-state index is 0.464. The molecule has 1 saturated heterocycles. The summed E-state index contributed by atoms with van der Waals surface area (Å²) >= 11 is 0. The maximum atomic E-state index is 5.43. The summed E-state index contributed by atoms with van der Waals surface area (Å²) in [6.07, 6.45) is 4.07. The van der Waals surface area contributed by atoms with Gasteiger partial charge in [0.1, 0.15) is 0 Å². The molecule has 0 bridgehead atoms. The smallest absolute Gasteiger partial charge is 0.0587 e. The van der Waals surface area contributed by atoms with Gasteiger partial charge >= 0.3 is 0 Å².